The molecule has 1 unspecified atom stereocenters. The molecule has 1 aromatic carbocycles. The first-order valence-electron chi connectivity index (χ1n) is 6.72. The van der Waals surface area contributed by atoms with Gasteiger partial charge in [-0.3, -0.25) is 4.79 Å². The first-order valence-corrected chi connectivity index (χ1v) is 6.72. The lowest BCUT2D eigenvalue weighted by molar-refractivity contribution is 0.0711. The summed E-state index contributed by atoms with van der Waals surface area (Å²) in [5.74, 6) is 0.0608. The Bertz CT molecular complexity index is 484. The highest BCUT2D eigenvalue weighted by molar-refractivity contribution is 5.96. The normalized spacial score (nSPS) is 21.2. The summed E-state index contributed by atoms with van der Waals surface area (Å²) in [4.78, 5) is 14.2. The number of nitrogens with one attached hydrogen (secondary N) is 2. The van der Waals surface area contributed by atoms with Gasteiger partial charge in [-0.25, -0.2) is 0 Å². The molecule has 1 aromatic rings. The van der Waals surface area contributed by atoms with Gasteiger partial charge < -0.3 is 20.3 Å². The highest BCUT2D eigenvalue weighted by Gasteiger charge is 2.25. The van der Waals surface area contributed by atoms with Gasteiger partial charge in [0.1, 0.15) is 0 Å². The predicted octanol–water partition coefficient (Wildman–Crippen LogP) is 1.38. The number of nitrogens with zero attached hydrogens (tertiary/aromatic N) is 1. The third-order valence-corrected chi connectivity index (χ3v) is 3.80. The van der Waals surface area contributed by atoms with Crippen LogP contribution in [0.1, 0.15) is 16.8 Å². The van der Waals surface area contributed by atoms with Crippen LogP contribution in [0.4, 0.5) is 11.4 Å². The van der Waals surface area contributed by atoms with Crippen LogP contribution in [0.15, 0.2) is 18.2 Å². The van der Waals surface area contributed by atoms with Gasteiger partial charge in [0.25, 0.3) is 5.91 Å². The van der Waals surface area contributed by atoms with Crippen molar-refractivity contribution >= 4 is 17.3 Å². The van der Waals surface area contributed by atoms with Crippen molar-refractivity contribution in [3.05, 3.63) is 23.8 Å². The standard InChI is InChI=1S/C14H19N3O2/c1-17(11-4-7-19-9-11)14(18)10-2-3-12-13(8-10)16-6-5-15-12/h2-3,8,11,15-16H,4-7,9H2,1H3. The zero-order valence-corrected chi connectivity index (χ0v) is 11.1. The van der Waals surface area contributed by atoms with Gasteiger partial charge in [0.2, 0.25) is 0 Å². The molecule has 0 aromatic heterocycles. The molecule has 0 aliphatic carbocycles. The number of likely N-dealkylation sites (N-methyl/N-ethyl adjacent to an activating group) is 1. The highest BCUT2D eigenvalue weighted by atomic mass is 16.5. The summed E-state index contributed by atoms with van der Waals surface area (Å²) in [6.45, 7) is 3.20. The molecule has 2 aliphatic heterocycles. The van der Waals surface area contributed by atoms with E-state index in [0.717, 1.165) is 43.1 Å². The fourth-order valence-electron chi connectivity index (χ4n) is 2.57. The quantitative estimate of drug-likeness (QED) is 0.844. The van der Waals surface area contributed by atoms with E-state index in [2.05, 4.69) is 10.6 Å². The highest BCUT2D eigenvalue weighted by Crippen LogP contribution is 2.26. The van der Waals surface area contributed by atoms with E-state index in [1.165, 1.54) is 0 Å². The first kappa shape index (κ1) is 12.3. The fraction of sp³-hybridized carbons (Fsp3) is 0.500. The van der Waals surface area contributed by atoms with Gasteiger partial charge in [-0.1, -0.05) is 0 Å². The van der Waals surface area contributed by atoms with Crippen LogP contribution in [0.2, 0.25) is 0 Å². The number of hydrogen-bond acceptors (Lipinski definition) is 4. The van der Waals surface area contributed by atoms with Crippen molar-refractivity contribution < 1.29 is 9.53 Å². The number of carbonyl (C=O) groups excluding carboxylic acids is 1. The Labute approximate surface area is 112 Å². The van der Waals surface area contributed by atoms with E-state index in [-0.39, 0.29) is 11.9 Å². The number of carbonyl (C=O) groups is 1. The van der Waals surface area contributed by atoms with E-state index in [1.807, 2.05) is 25.2 Å². The average molecular weight is 261 g/mol. The molecule has 1 atom stereocenters. The predicted molar refractivity (Wildman–Crippen MR) is 74.7 cm³/mol. The summed E-state index contributed by atoms with van der Waals surface area (Å²) >= 11 is 0. The molecule has 1 saturated heterocycles. The van der Waals surface area contributed by atoms with Crippen LogP contribution in [-0.2, 0) is 4.74 Å². The van der Waals surface area contributed by atoms with E-state index in [9.17, 15) is 4.79 Å². The molecule has 102 valence electrons. The van der Waals surface area contributed by atoms with Crippen molar-refractivity contribution in [2.75, 3.05) is 44.0 Å². The maximum atomic E-state index is 12.4. The number of fused-ring (bicyclic) bond motifs is 1. The molecule has 0 saturated carbocycles. The minimum Gasteiger partial charge on any atom is -0.382 e. The van der Waals surface area contributed by atoms with Crippen molar-refractivity contribution in [3.63, 3.8) is 0 Å². The minimum atomic E-state index is 0.0608. The molecule has 2 heterocycles. The molecule has 0 radical (unpaired) electrons. The number of benzene rings is 1. The number of amides is 1. The molecule has 5 nitrogen and oxygen atoms in total. The maximum Gasteiger partial charge on any atom is 0.254 e. The van der Waals surface area contributed by atoms with Crippen molar-refractivity contribution in [1.82, 2.24) is 4.90 Å². The molecule has 3 rings (SSSR count). The zero-order chi connectivity index (χ0) is 13.2. The Hall–Kier alpha value is -1.75. The fourth-order valence-corrected chi connectivity index (χ4v) is 2.57. The topological polar surface area (TPSA) is 53.6 Å². The Balaban J connectivity index is 1.79. The van der Waals surface area contributed by atoms with Crippen molar-refractivity contribution in [1.29, 1.82) is 0 Å². The van der Waals surface area contributed by atoms with Crippen LogP contribution in [-0.4, -0.2) is 50.2 Å². The van der Waals surface area contributed by atoms with E-state index in [0.29, 0.717) is 6.61 Å². The number of ether oxygens (including phenoxy) is 1. The SMILES string of the molecule is CN(C(=O)c1ccc2c(c1)NCCN2)C1CCOC1. The Morgan fingerprint density at radius 1 is 1.32 bits per heavy atom. The zero-order valence-electron chi connectivity index (χ0n) is 11.1. The lowest BCUT2D eigenvalue weighted by atomic mass is 10.1. The summed E-state index contributed by atoms with van der Waals surface area (Å²) in [6, 6.07) is 5.98. The van der Waals surface area contributed by atoms with E-state index < -0.39 is 0 Å². The number of hydrogen-bond donors (Lipinski definition) is 2. The second-order valence-corrected chi connectivity index (χ2v) is 5.05. The Morgan fingerprint density at radius 2 is 2.11 bits per heavy atom. The third kappa shape index (κ3) is 2.38. The second kappa shape index (κ2) is 5.09. The molecule has 1 fully saturated rings. The van der Waals surface area contributed by atoms with Crippen LogP contribution >= 0.6 is 0 Å². The average Bonchev–Trinajstić information content (AvgIpc) is 2.99. The van der Waals surface area contributed by atoms with E-state index in [1.54, 1.807) is 4.90 Å². The van der Waals surface area contributed by atoms with E-state index >= 15 is 0 Å². The monoisotopic (exact) mass is 261 g/mol. The second-order valence-electron chi connectivity index (χ2n) is 5.05. The lowest BCUT2D eigenvalue weighted by Crippen LogP contribution is -2.37. The number of rotatable bonds is 2. The summed E-state index contributed by atoms with van der Waals surface area (Å²) < 4.78 is 5.34. The first-order chi connectivity index (χ1) is 9.25. The number of anilines is 2. The van der Waals surface area contributed by atoms with Crippen LogP contribution in [0.3, 0.4) is 0 Å². The molecule has 2 N–H and O–H groups in total. The smallest absolute Gasteiger partial charge is 0.254 e. The maximum absolute atomic E-state index is 12.4. The molecule has 0 spiro atoms. The van der Waals surface area contributed by atoms with Gasteiger partial charge in [0, 0.05) is 32.3 Å². The largest absolute Gasteiger partial charge is 0.382 e. The van der Waals surface area contributed by atoms with E-state index in [4.69, 9.17) is 4.74 Å². The molecule has 19 heavy (non-hydrogen) atoms. The van der Waals surface area contributed by atoms with Crippen LogP contribution in [0.25, 0.3) is 0 Å². The van der Waals surface area contributed by atoms with Gasteiger partial charge in [0.15, 0.2) is 0 Å². The van der Waals surface area contributed by atoms with Crippen molar-refractivity contribution in [3.8, 4) is 0 Å². The summed E-state index contributed by atoms with van der Waals surface area (Å²) in [7, 11) is 1.85. The molecule has 2 aliphatic rings. The summed E-state index contributed by atoms with van der Waals surface area (Å²) in [5.41, 5.74) is 2.80. The Morgan fingerprint density at radius 3 is 2.84 bits per heavy atom. The Kier molecular flexibility index (Phi) is 3.29. The van der Waals surface area contributed by atoms with Crippen LogP contribution in [0.5, 0.6) is 0 Å². The van der Waals surface area contributed by atoms with Gasteiger partial charge >= 0.3 is 0 Å². The lowest BCUT2D eigenvalue weighted by Gasteiger charge is -2.25. The van der Waals surface area contributed by atoms with Gasteiger partial charge in [0.05, 0.1) is 24.0 Å². The molecule has 1 amide bonds. The van der Waals surface area contributed by atoms with Crippen molar-refractivity contribution in [2.24, 2.45) is 0 Å². The molecule has 5 heteroatoms. The molecular formula is C14H19N3O2. The molecular weight excluding hydrogens is 242 g/mol. The van der Waals surface area contributed by atoms with Crippen molar-refractivity contribution in [2.45, 2.75) is 12.5 Å². The summed E-state index contributed by atoms with van der Waals surface area (Å²) in [5, 5.41) is 6.61. The van der Waals surface area contributed by atoms with Crippen LogP contribution in [0, 0.1) is 0 Å². The van der Waals surface area contributed by atoms with Gasteiger partial charge in [-0.05, 0) is 24.6 Å². The van der Waals surface area contributed by atoms with Gasteiger partial charge in [-0.2, -0.15) is 0 Å². The van der Waals surface area contributed by atoms with Gasteiger partial charge in [-0.15, -0.1) is 0 Å². The van der Waals surface area contributed by atoms with Crippen LogP contribution < -0.4 is 10.6 Å². The minimum absolute atomic E-state index is 0.0608. The third-order valence-electron chi connectivity index (χ3n) is 3.80. The summed E-state index contributed by atoms with van der Waals surface area (Å²) in [6.07, 6.45) is 0.924. The molecule has 0 bridgehead atoms.